The van der Waals surface area contributed by atoms with Gasteiger partial charge in [-0.15, -0.1) is 0 Å². The first-order valence-electron chi connectivity index (χ1n) is 4.67. The summed E-state index contributed by atoms with van der Waals surface area (Å²) in [5, 5.41) is 8.85. The summed E-state index contributed by atoms with van der Waals surface area (Å²) in [6.07, 6.45) is 0.984. The number of aliphatic hydroxyl groups excluding tert-OH is 1. The summed E-state index contributed by atoms with van der Waals surface area (Å²) in [4.78, 5) is 13.4. The van der Waals surface area contributed by atoms with Crippen LogP contribution in [0.25, 0.3) is 0 Å². The Morgan fingerprint density at radius 3 is 2.85 bits per heavy atom. The average molecular weight is 203 g/mol. The summed E-state index contributed by atoms with van der Waals surface area (Å²) in [5.41, 5.74) is 0. The number of likely N-dealkylation sites (tertiary alicyclic amines) is 1. The quantitative estimate of drug-likeness (QED) is 0.643. The van der Waals surface area contributed by atoms with Crippen LogP contribution in [0, 0.1) is 5.92 Å². The van der Waals surface area contributed by atoms with Gasteiger partial charge in [0.15, 0.2) is 0 Å². The second kappa shape index (κ2) is 4.33. The number of carbonyl (C=O) groups excluding carboxylic acids is 1. The molecule has 0 spiro atoms. The van der Waals surface area contributed by atoms with Crippen LogP contribution in [0.4, 0.5) is 0 Å². The average Bonchev–Trinajstić information content (AvgIpc) is 2.45. The van der Waals surface area contributed by atoms with Crippen molar-refractivity contribution in [3.8, 4) is 0 Å². The lowest BCUT2D eigenvalue weighted by atomic mass is 10.0. The number of amides is 1. The predicted octanol–water partition coefficient (Wildman–Crippen LogP) is 0.534. The lowest BCUT2D eigenvalue weighted by Gasteiger charge is -2.26. The van der Waals surface area contributed by atoms with E-state index in [0.717, 1.165) is 13.0 Å². The number of hydrogen-bond acceptors (Lipinski definition) is 3. The molecular weight excluding hydrogens is 186 g/mol. The number of thiol groups is 1. The van der Waals surface area contributed by atoms with E-state index in [9.17, 15) is 4.79 Å². The van der Waals surface area contributed by atoms with Crippen LogP contribution in [0.3, 0.4) is 0 Å². The third kappa shape index (κ3) is 2.17. The van der Waals surface area contributed by atoms with Crippen molar-refractivity contribution in [1.82, 2.24) is 4.90 Å². The van der Waals surface area contributed by atoms with E-state index in [0.29, 0.717) is 5.92 Å². The highest BCUT2D eigenvalue weighted by Gasteiger charge is 2.34. The Kier molecular flexibility index (Phi) is 3.62. The highest BCUT2D eigenvalue weighted by molar-refractivity contribution is 7.81. The van der Waals surface area contributed by atoms with Gasteiger partial charge in [0.2, 0.25) is 5.91 Å². The van der Waals surface area contributed by atoms with Crippen molar-refractivity contribution in [2.45, 2.75) is 31.6 Å². The van der Waals surface area contributed by atoms with Gasteiger partial charge in [-0.2, -0.15) is 12.6 Å². The molecule has 4 heteroatoms. The molecule has 1 aliphatic rings. The monoisotopic (exact) mass is 203 g/mol. The Bertz CT molecular complexity index is 196. The zero-order valence-electron chi connectivity index (χ0n) is 8.10. The highest BCUT2D eigenvalue weighted by Crippen LogP contribution is 2.24. The molecule has 3 nitrogen and oxygen atoms in total. The largest absolute Gasteiger partial charge is 0.394 e. The van der Waals surface area contributed by atoms with Gasteiger partial charge in [0.05, 0.1) is 17.9 Å². The van der Waals surface area contributed by atoms with Gasteiger partial charge in [0.1, 0.15) is 0 Å². The molecule has 13 heavy (non-hydrogen) atoms. The molecule has 1 amide bonds. The second-order valence-corrected chi connectivity index (χ2v) is 4.50. The first kappa shape index (κ1) is 10.9. The van der Waals surface area contributed by atoms with E-state index >= 15 is 0 Å². The maximum Gasteiger partial charge on any atom is 0.235 e. The zero-order chi connectivity index (χ0) is 10.0. The number of hydrogen-bond donors (Lipinski definition) is 2. The van der Waals surface area contributed by atoms with Gasteiger partial charge in [0, 0.05) is 6.54 Å². The van der Waals surface area contributed by atoms with Gasteiger partial charge in [0.25, 0.3) is 0 Å². The molecule has 0 saturated carbocycles. The topological polar surface area (TPSA) is 40.5 Å². The Morgan fingerprint density at radius 1 is 1.77 bits per heavy atom. The van der Waals surface area contributed by atoms with E-state index in [1.54, 1.807) is 11.8 Å². The molecular formula is C9H17NO2S. The predicted molar refractivity (Wildman–Crippen MR) is 54.8 cm³/mol. The Balaban J connectivity index is 2.65. The maximum atomic E-state index is 11.6. The Morgan fingerprint density at radius 2 is 2.38 bits per heavy atom. The second-order valence-electron chi connectivity index (χ2n) is 3.72. The molecule has 0 radical (unpaired) electrons. The third-order valence-corrected chi connectivity index (χ3v) is 2.93. The molecule has 0 aliphatic carbocycles. The lowest BCUT2D eigenvalue weighted by molar-refractivity contribution is -0.132. The number of rotatable bonds is 2. The first-order valence-corrected chi connectivity index (χ1v) is 5.19. The minimum absolute atomic E-state index is 0.00194. The zero-order valence-corrected chi connectivity index (χ0v) is 9.00. The van der Waals surface area contributed by atoms with Crippen LogP contribution in [0.1, 0.15) is 20.3 Å². The fraction of sp³-hybridized carbons (Fsp3) is 0.889. The van der Waals surface area contributed by atoms with Crippen LogP contribution >= 0.6 is 12.6 Å². The van der Waals surface area contributed by atoms with Crippen molar-refractivity contribution in [2.24, 2.45) is 5.92 Å². The summed E-state index contributed by atoms with van der Waals surface area (Å²) in [7, 11) is 0. The minimum atomic E-state index is -0.264. The third-order valence-electron chi connectivity index (χ3n) is 2.71. The fourth-order valence-electron chi connectivity index (χ4n) is 1.80. The van der Waals surface area contributed by atoms with E-state index in [4.69, 9.17) is 5.11 Å². The normalized spacial score (nSPS) is 30.6. The Labute approximate surface area is 84.5 Å². The molecule has 1 saturated heterocycles. The van der Waals surface area contributed by atoms with Gasteiger partial charge in [-0.1, -0.05) is 6.92 Å². The molecule has 76 valence electrons. The van der Waals surface area contributed by atoms with Gasteiger partial charge in [-0.3, -0.25) is 4.79 Å². The van der Waals surface area contributed by atoms with Crippen LogP contribution in [0.5, 0.6) is 0 Å². The molecule has 1 heterocycles. The van der Waals surface area contributed by atoms with Gasteiger partial charge in [-0.25, -0.2) is 0 Å². The highest BCUT2D eigenvalue weighted by atomic mass is 32.1. The number of carbonyl (C=O) groups is 1. The van der Waals surface area contributed by atoms with Crippen molar-refractivity contribution < 1.29 is 9.90 Å². The summed E-state index contributed by atoms with van der Waals surface area (Å²) < 4.78 is 0. The molecule has 1 fully saturated rings. The standard InChI is InChI=1S/C9H17NO2S/c1-6-3-4-10(8(6)5-11)9(12)7(2)13/h6-8,11,13H,3-5H2,1-2H3. The van der Waals surface area contributed by atoms with E-state index in [1.807, 2.05) is 0 Å². The van der Waals surface area contributed by atoms with Gasteiger partial charge in [-0.05, 0) is 19.3 Å². The molecule has 3 unspecified atom stereocenters. The van der Waals surface area contributed by atoms with Crippen molar-refractivity contribution in [1.29, 1.82) is 0 Å². The number of aliphatic hydroxyl groups is 1. The van der Waals surface area contributed by atoms with Gasteiger partial charge >= 0.3 is 0 Å². The maximum absolute atomic E-state index is 11.6. The van der Waals surface area contributed by atoms with Gasteiger partial charge < -0.3 is 10.0 Å². The summed E-state index contributed by atoms with van der Waals surface area (Å²) in [5.74, 6) is 0.438. The molecule has 0 aromatic rings. The van der Waals surface area contributed by atoms with Crippen molar-refractivity contribution in [3.05, 3.63) is 0 Å². The molecule has 3 atom stereocenters. The van der Waals surface area contributed by atoms with E-state index in [2.05, 4.69) is 19.6 Å². The molecule has 1 rings (SSSR count). The first-order chi connectivity index (χ1) is 6.07. The minimum Gasteiger partial charge on any atom is -0.394 e. The van der Waals surface area contributed by atoms with Crippen molar-refractivity contribution in [3.63, 3.8) is 0 Å². The van der Waals surface area contributed by atoms with Crippen LogP contribution in [0.15, 0.2) is 0 Å². The summed E-state index contributed by atoms with van der Waals surface area (Å²) in [6.45, 7) is 4.66. The van der Waals surface area contributed by atoms with E-state index < -0.39 is 0 Å². The Hall–Kier alpha value is -0.220. The molecule has 1 aliphatic heterocycles. The summed E-state index contributed by atoms with van der Waals surface area (Å²) >= 11 is 4.10. The smallest absolute Gasteiger partial charge is 0.235 e. The van der Waals surface area contributed by atoms with Crippen molar-refractivity contribution in [2.75, 3.05) is 13.2 Å². The summed E-state index contributed by atoms with van der Waals surface area (Å²) in [6, 6.07) is 0.00194. The molecule has 1 N–H and O–H groups in total. The molecule has 0 aromatic carbocycles. The SMILES string of the molecule is CC(S)C(=O)N1CCC(C)C1CO. The van der Waals surface area contributed by atoms with Crippen LogP contribution in [0.2, 0.25) is 0 Å². The van der Waals surface area contributed by atoms with Crippen molar-refractivity contribution >= 4 is 18.5 Å². The molecule has 0 aromatic heterocycles. The van der Waals surface area contributed by atoms with E-state index in [-0.39, 0.29) is 23.8 Å². The fourth-order valence-corrected chi connectivity index (χ4v) is 1.95. The van der Waals surface area contributed by atoms with Crippen LogP contribution in [-0.2, 0) is 4.79 Å². The number of nitrogens with zero attached hydrogens (tertiary/aromatic N) is 1. The van der Waals surface area contributed by atoms with E-state index in [1.165, 1.54) is 0 Å². The molecule has 0 bridgehead atoms. The lowest BCUT2D eigenvalue weighted by Crippen LogP contribution is -2.42. The van der Waals surface area contributed by atoms with Crippen LogP contribution < -0.4 is 0 Å². The van der Waals surface area contributed by atoms with Crippen LogP contribution in [-0.4, -0.2) is 40.4 Å².